The standard InChI is InChI=1S/C36H51N3O7/c1-22(2)45-35-13-12-33(4)34(5)24(18-26-25-10-8-9-11-27(25)39-32(26)34)19-30(44-21-31(40)38-15-17-43-7)36(33,41)29(35)20-28(23(3)46-35)37-14-16-42-6/h8-11,20,22-24,30,39,41H,12-19,21H2,1-7H3,(H,38,40)/t23?,24-,30+,33?,34-,35?,36+/m1/s1. The van der Waals surface area contributed by atoms with Gasteiger partial charge in [-0.2, -0.15) is 0 Å². The number of carbonyl (C=O) groups is 1. The van der Waals surface area contributed by atoms with E-state index in [1.807, 2.05) is 26.8 Å². The van der Waals surface area contributed by atoms with Crippen molar-refractivity contribution >= 4 is 22.5 Å². The number of nitrogens with zero attached hydrogens (tertiary/aromatic N) is 1. The van der Waals surface area contributed by atoms with E-state index in [4.69, 9.17) is 28.7 Å². The summed E-state index contributed by atoms with van der Waals surface area (Å²) in [6.07, 6.45) is 3.40. The van der Waals surface area contributed by atoms with Crippen LogP contribution in [0.1, 0.15) is 65.1 Å². The van der Waals surface area contributed by atoms with Gasteiger partial charge < -0.3 is 39.1 Å². The fourth-order valence-electron chi connectivity index (χ4n) is 9.13. The number of aliphatic hydroxyl groups is 1. The number of aromatic amines is 1. The van der Waals surface area contributed by atoms with Crippen LogP contribution >= 0.6 is 0 Å². The number of carbonyl (C=O) groups excluding carboxylic acids is 1. The Morgan fingerprint density at radius 2 is 1.93 bits per heavy atom. The minimum absolute atomic E-state index is 0.166. The Morgan fingerprint density at radius 3 is 2.67 bits per heavy atom. The van der Waals surface area contributed by atoms with Crippen molar-refractivity contribution in [1.29, 1.82) is 0 Å². The molecule has 0 bridgehead atoms. The number of methoxy groups -OCH3 is 2. The molecule has 6 rings (SSSR count). The third-order valence-corrected chi connectivity index (χ3v) is 11.5. The summed E-state index contributed by atoms with van der Waals surface area (Å²) in [5, 5.41) is 17.8. The lowest BCUT2D eigenvalue weighted by atomic mass is 9.41. The number of nitrogens with one attached hydrogen (secondary N) is 2. The molecule has 4 aliphatic rings. The van der Waals surface area contributed by atoms with Crippen LogP contribution < -0.4 is 5.32 Å². The molecule has 2 heterocycles. The van der Waals surface area contributed by atoms with Gasteiger partial charge in [-0.25, -0.2) is 0 Å². The van der Waals surface area contributed by atoms with Gasteiger partial charge in [-0.15, -0.1) is 0 Å². The van der Waals surface area contributed by atoms with E-state index in [0.717, 1.165) is 17.6 Å². The molecule has 1 amide bonds. The zero-order valence-electron chi connectivity index (χ0n) is 28.4. The highest BCUT2D eigenvalue weighted by atomic mass is 16.7. The van der Waals surface area contributed by atoms with Gasteiger partial charge in [0.1, 0.15) is 12.2 Å². The van der Waals surface area contributed by atoms with Gasteiger partial charge in [0.25, 0.3) is 0 Å². The Hall–Kier alpha value is -2.60. The second-order valence-corrected chi connectivity index (χ2v) is 14.1. The number of aliphatic imine (C=N–C) groups is 1. The molecular weight excluding hydrogens is 586 g/mol. The van der Waals surface area contributed by atoms with E-state index >= 15 is 0 Å². The van der Waals surface area contributed by atoms with E-state index in [0.29, 0.717) is 51.1 Å². The van der Waals surface area contributed by atoms with Crippen LogP contribution in [0, 0.1) is 11.3 Å². The minimum Gasteiger partial charge on any atom is -0.383 e. The van der Waals surface area contributed by atoms with E-state index < -0.39 is 28.3 Å². The predicted molar refractivity (Wildman–Crippen MR) is 176 cm³/mol. The van der Waals surface area contributed by atoms with Crippen LogP contribution in [0.5, 0.6) is 0 Å². The summed E-state index contributed by atoms with van der Waals surface area (Å²) in [4.78, 5) is 21.6. The molecule has 2 saturated carbocycles. The molecule has 1 aliphatic heterocycles. The lowest BCUT2D eigenvalue weighted by Gasteiger charge is -2.68. The van der Waals surface area contributed by atoms with Crippen LogP contribution in [-0.2, 0) is 40.3 Å². The van der Waals surface area contributed by atoms with Crippen molar-refractivity contribution in [2.45, 2.75) is 95.4 Å². The summed E-state index contributed by atoms with van der Waals surface area (Å²) in [5.41, 5.74) is 2.26. The van der Waals surface area contributed by atoms with Crippen LogP contribution in [0.25, 0.3) is 10.9 Å². The molecule has 7 atom stereocenters. The molecule has 46 heavy (non-hydrogen) atoms. The molecular formula is C36H51N3O7. The fraction of sp³-hybridized carbons (Fsp3) is 0.667. The molecule has 10 heteroatoms. The van der Waals surface area contributed by atoms with Crippen molar-refractivity contribution in [1.82, 2.24) is 10.3 Å². The zero-order valence-corrected chi connectivity index (χ0v) is 28.4. The number of hydrogen-bond donors (Lipinski definition) is 3. The topological polar surface area (TPSA) is 124 Å². The maximum absolute atomic E-state index is 13.7. The Morgan fingerprint density at radius 1 is 1.17 bits per heavy atom. The van der Waals surface area contributed by atoms with Crippen LogP contribution in [0.3, 0.4) is 0 Å². The minimum atomic E-state index is -1.56. The quantitative estimate of drug-likeness (QED) is 0.315. The summed E-state index contributed by atoms with van der Waals surface area (Å²) in [6, 6.07) is 8.45. The van der Waals surface area contributed by atoms with Crippen molar-refractivity contribution < 1.29 is 33.6 Å². The monoisotopic (exact) mass is 637 g/mol. The molecule has 2 aromatic rings. The Kier molecular flexibility index (Phi) is 9.01. The Balaban J connectivity index is 1.51. The third-order valence-electron chi connectivity index (χ3n) is 11.5. The van der Waals surface area contributed by atoms with Crippen molar-refractivity contribution in [2.75, 3.05) is 47.1 Å². The van der Waals surface area contributed by atoms with Crippen LogP contribution in [-0.4, -0.2) is 98.5 Å². The number of ether oxygens (including phenoxy) is 5. The predicted octanol–water partition coefficient (Wildman–Crippen LogP) is 4.23. The second-order valence-electron chi connectivity index (χ2n) is 14.1. The van der Waals surface area contributed by atoms with Crippen molar-refractivity contribution in [2.24, 2.45) is 16.3 Å². The van der Waals surface area contributed by atoms with Crippen LogP contribution in [0.2, 0.25) is 0 Å². The highest BCUT2D eigenvalue weighted by Crippen LogP contribution is 2.71. The Labute approximate surface area is 272 Å². The van der Waals surface area contributed by atoms with Gasteiger partial charge in [0.2, 0.25) is 5.91 Å². The molecule has 3 aliphatic carbocycles. The van der Waals surface area contributed by atoms with Gasteiger partial charge in [0.15, 0.2) is 5.79 Å². The molecule has 252 valence electrons. The Bertz CT molecular complexity index is 1520. The number of rotatable bonds is 11. The molecule has 1 aromatic heterocycles. The zero-order chi connectivity index (χ0) is 32.9. The first kappa shape index (κ1) is 33.3. The third kappa shape index (κ3) is 4.99. The molecule has 3 N–H and O–H groups in total. The number of para-hydroxylation sites is 1. The summed E-state index contributed by atoms with van der Waals surface area (Å²) in [5.74, 6) is -1.24. The fourth-order valence-corrected chi connectivity index (χ4v) is 9.13. The van der Waals surface area contributed by atoms with E-state index in [1.165, 1.54) is 16.6 Å². The first-order chi connectivity index (χ1) is 21.9. The maximum atomic E-state index is 13.7. The van der Waals surface area contributed by atoms with Gasteiger partial charge in [0.05, 0.1) is 43.8 Å². The summed E-state index contributed by atoms with van der Waals surface area (Å²) in [7, 11) is 3.25. The largest absolute Gasteiger partial charge is 0.383 e. The molecule has 0 radical (unpaired) electrons. The van der Waals surface area contributed by atoms with Crippen molar-refractivity contribution in [3.8, 4) is 0 Å². The normalized spacial score (nSPS) is 35.9. The van der Waals surface area contributed by atoms with E-state index in [-0.39, 0.29) is 30.6 Å². The van der Waals surface area contributed by atoms with Crippen molar-refractivity contribution in [3.05, 3.63) is 47.2 Å². The van der Waals surface area contributed by atoms with E-state index in [1.54, 1.807) is 14.2 Å². The summed E-state index contributed by atoms with van der Waals surface area (Å²) >= 11 is 0. The van der Waals surface area contributed by atoms with Gasteiger partial charge >= 0.3 is 0 Å². The van der Waals surface area contributed by atoms with Crippen LogP contribution in [0.15, 0.2) is 40.9 Å². The van der Waals surface area contributed by atoms with Crippen LogP contribution in [0.4, 0.5) is 0 Å². The van der Waals surface area contributed by atoms with Gasteiger partial charge in [-0.1, -0.05) is 32.0 Å². The number of hydrogen-bond acceptors (Lipinski definition) is 8. The number of aromatic nitrogens is 1. The van der Waals surface area contributed by atoms with Gasteiger partial charge in [0, 0.05) is 60.2 Å². The van der Waals surface area contributed by atoms with Gasteiger partial charge in [-0.05, 0) is 63.7 Å². The summed E-state index contributed by atoms with van der Waals surface area (Å²) in [6.45, 7) is 12.0. The molecule has 1 aromatic carbocycles. The lowest BCUT2D eigenvalue weighted by molar-refractivity contribution is -0.311. The highest BCUT2D eigenvalue weighted by molar-refractivity contribution is 6.00. The lowest BCUT2D eigenvalue weighted by Crippen LogP contribution is -2.75. The molecule has 0 spiro atoms. The molecule has 3 unspecified atom stereocenters. The smallest absolute Gasteiger partial charge is 0.246 e. The highest BCUT2D eigenvalue weighted by Gasteiger charge is 2.76. The SMILES string of the molecule is COCCN=C1C=C2C(OC(C)C)(CCC3(C)[C@@]4(C)c5[nH]c6ccccc6c5C[C@@H]4C[C@H](OCC(=O)NCCOC)[C@@]23O)OC1C. The van der Waals surface area contributed by atoms with E-state index in [9.17, 15) is 9.90 Å². The molecule has 0 saturated heterocycles. The number of fused-ring (bicyclic) bond motifs is 9. The van der Waals surface area contributed by atoms with Crippen molar-refractivity contribution in [3.63, 3.8) is 0 Å². The summed E-state index contributed by atoms with van der Waals surface area (Å²) < 4.78 is 30.5. The van der Waals surface area contributed by atoms with E-state index in [2.05, 4.69) is 48.4 Å². The average molecular weight is 638 g/mol. The number of amides is 1. The average Bonchev–Trinajstić information content (AvgIpc) is 3.52. The molecule has 2 fully saturated rings. The number of H-pyrrole nitrogens is 1. The first-order valence-electron chi connectivity index (χ1n) is 16.8. The van der Waals surface area contributed by atoms with Gasteiger partial charge in [-0.3, -0.25) is 9.79 Å². The molecule has 10 nitrogen and oxygen atoms in total. The number of benzene rings is 1. The first-order valence-corrected chi connectivity index (χ1v) is 16.8. The maximum Gasteiger partial charge on any atom is 0.246 e. The second kappa shape index (κ2) is 12.5.